The summed E-state index contributed by atoms with van der Waals surface area (Å²) in [5.74, 6) is -1.04. The fourth-order valence-electron chi connectivity index (χ4n) is 1.78. The molecule has 0 fully saturated rings. The minimum atomic E-state index is -0.986. The lowest BCUT2D eigenvalue weighted by molar-refractivity contribution is -0.123. The van der Waals surface area contributed by atoms with Crippen LogP contribution >= 0.6 is 11.3 Å². The molecule has 1 heterocycles. The molecule has 0 spiro atoms. The number of aromatic nitrogens is 1. The Morgan fingerprint density at radius 3 is 2.25 bits per heavy atom. The van der Waals surface area contributed by atoms with Crippen LogP contribution in [0.2, 0.25) is 0 Å². The van der Waals surface area contributed by atoms with Crippen molar-refractivity contribution in [3.63, 3.8) is 0 Å². The molecule has 2 N–H and O–H groups in total. The van der Waals surface area contributed by atoms with Gasteiger partial charge in [-0.25, -0.2) is 9.78 Å². The van der Waals surface area contributed by atoms with Crippen LogP contribution in [0.15, 0.2) is 0 Å². The molecule has 5 nitrogen and oxygen atoms in total. The monoisotopic (exact) mass is 298 g/mol. The maximum absolute atomic E-state index is 11.9. The summed E-state index contributed by atoms with van der Waals surface area (Å²) in [6.45, 7) is 9.42. The van der Waals surface area contributed by atoms with Crippen LogP contribution in [0.5, 0.6) is 0 Å². The molecule has 0 aliphatic heterocycles. The second-order valence-corrected chi connectivity index (χ2v) is 6.76. The molecular weight excluding hydrogens is 276 g/mol. The molecule has 1 amide bonds. The smallest absolute Gasteiger partial charge is 0.347 e. The number of anilines is 1. The van der Waals surface area contributed by atoms with Gasteiger partial charge in [-0.05, 0) is 12.8 Å². The number of rotatable bonds is 5. The molecule has 0 aromatic carbocycles. The number of nitrogens with zero attached hydrogens (tertiary/aromatic N) is 1. The van der Waals surface area contributed by atoms with Crippen molar-refractivity contribution in [3.8, 4) is 0 Å². The SMILES string of the molecule is CCC(CC)c1nc(NC(=O)C(C)(C)C)sc1C(=O)O. The van der Waals surface area contributed by atoms with Crippen molar-refractivity contribution in [2.24, 2.45) is 5.41 Å². The number of aromatic carboxylic acids is 1. The van der Waals surface area contributed by atoms with Crippen molar-refractivity contribution < 1.29 is 14.7 Å². The van der Waals surface area contributed by atoms with E-state index in [1.54, 1.807) is 20.8 Å². The van der Waals surface area contributed by atoms with E-state index >= 15 is 0 Å². The van der Waals surface area contributed by atoms with Gasteiger partial charge in [0.1, 0.15) is 4.88 Å². The van der Waals surface area contributed by atoms with E-state index in [-0.39, 0.29) is 16.7 Å². The van der Waals surface area contributed by atoms with Crippen LogP contribution in [0.25, 0.3) is 0 Å². The lowest BCUT2D eigenvalue weighted by Gasteiger charge is -2.16. The van der Waals surface area contributed by atoms with Crippen LogP contribution in [0.4, 0.5) is 5.13 Å². The number of carboxylic acid groups (broad SMARTS) is 1. The number of hydrogen-bond donors (Lipinski definition) is 2. The molecule has 0 saturated carbocycles. The molecule has 0 aliphatic carbocycles. The average Bonchev–Trinajstić information content (AvgIpc) is 2.73. The minimum absolute atomic E-state index is 0.109. The molecule has 0 aliphatic rings. The van der Waals surface area contributed by atoms with Gasteiger partial charge < -0.3 is 10.4 Å². The van der Waals surface area contributed by atoms with E-state index in [2.05, 4.69) is 10.3 Å². The lowest BCUT2D eigenvalue weighted by atomic mass is 9.96. The molecule has 1 aromatic rings. The van der Waals surface area contributed by atoms with Crippen molar-refractivity contribution in [2.45, 2.75) is 53.4 Å². The Hall–Kier alpha value is -1.43. The zero-order valence-electron chi connectivity index (χ0n) is 12.6. The molecule has 0 saturated heterocycles. The van der Waals surface area contributed by atoms with Gasteiger partial charge in [-0.15, -0.1) is 0 Å². The molecule has 112 valence electrons. The second kappa shape index (κ2) is 6.35. The van der Waals surface area contributed by atoms with E-state index in [1.165, 1.54) is 0 Å². The molecule has 0 atom stereocenters. The van der Waals surface area contributed by atoms with Crippen molar-refractivity contribution in [1.29, 1.82) is 0 Å². The standard InChI is InChI=1S/C14H22N2O3S/c1-6-8(7-2)9-10(11(17)18)20-13(15-9)16-12(19)14(3,4)5/h8H,6-7H2,1-5H3,(H,17,18)(H,15,16,19). The van der Waals surface area contributed by atoms with Crippen LogP contribution < -0.4 is 5.32 Å². The lowest BCUT2D eigenvalue weighted by Crippen LogP contribution is -2.27. The van der Waals surface area contributed by atoms with Crippen molar-refractivity contribution in [3.05, 3.63) is 10.6 Å². The van der Waals surface area contributed by atoms with Gasteiger partial charge in [0, 0.05) is 11.3 Å². The zero-order chi connectivity index (χ0) is 15.5. The fourth-order valence-corrected chi connectivity index (χ4v) is 2.66. The normalized spacial score (nSPS) is 11.7. The largest absolute Gasteiger partial charge is 0.477 e. The van der Waals surface area contributed by atoms with Gasteiger partial charge in [0.25, 0.3) is 0 Å². The van der Waals surface area contributed by atoms with Gasteiger partial charge in [0.2, 0.25) is 5.91 Å². The van der Waals surface area contributed by atoms with Gasteiger partial charge in [0.05, 0.1) is 5.69 Å². The second-order valence-electron chi connectivity index (χ2n) is 5.76. The van der Waals surface area contributed by atoms with E-state index in [4.69, 9.17) is 0 Å². The third-order valence-electron chi connectivity index (χ3n) is 3.12. The van der Waals surface area contributed by atoms with Gasteiger partial charge >= 0.3 is 5.97 Å². The van der Waals surface area contributed by atoms with E-state index in [0.29, 0.717) is 10.8 Å². The molecular formula is C14H22N2O3S. The first-order valence-electron chi connectivity index (χ1n) is 6.76. The summed E-state index contributed by atoms with van der Waals surface area (Å²) in [5.41, 5.74) is 0.0427. The highest BCUT2D eigenvalue weighted by molar-refractivity contribution is 7.17. The van der Waals surface area contributed by atoms with Crippen molar-refractivity contribution >= 4 is 28.3 Å². The van der Waals surface area contributed by atoms with Crippen molar-refractivity contribution in [1.82, 2.24) is 4.98 Å². The molecule has 0 radical (unpaired) electrons. The number of hydrogen-bond acceptors (Lipinski definition) is 4. The number of carbonyl (C=O) groups is 2. The van der Waals surface area contributed by atoms with E-state index in [9.17, 15) is 14.7 Å². The van der Waals surface area contributed by atoms with Crippen LogP contribution in [0, 0.1) is 5.41 Å². The Bertz CT molecular complexity index is 499. The number of nitrogens with one attached hydrogen (secondary N) is 1. The van der Waals surface area contributed by atoms with Gasteiger partial charge in [-0.1, -0.05) is 46.0 Å². The number of carbonyl (C=O) groups excluding carboxylic acids is 1. The summed E-state index contributed by atoms with van der Waals surface area (Å²) in [7, 11) is 0. The Balaban J connectivity index is 3.10. The first-order chi connectivity index (χ1) is 9.20. The summed E-state index contributed by atoms with van der Waals surface area (Å²) in [5, 5.41) is 12.3. The molecule has 1 rings (SSSR count). The highest BCUT2D eigenvalue weighted by Crippen LogP contribution is 2.32. The van der Waals surface area contributed by atoms with E-state index < -0.39 is 11.4 Å². The molecule has 20 heavy (non-hydrogen) atoms. The third-order valence-corrected chi connectivity index (χ3v) is 4.10. The summed E-state index contributed by atoms with van der Waals surface area (Å²) >= 11 is 1.03. The number of thiazole rings is 1. The predicted molar refractivity (Wildman–Crippen MR) is 80.5 cm³/mol. The number of carboxylic acids is 1. The Labute approximate surface area is 123 Å². The number of amides is 1. The quantitative estimate of drug-likeness (QED) is 0.868. The van der Waals surface area contributed by atoms with Crippen LogP contribution in [-0.2, 0) is 4.79 Å². The Morgan fingerprint density at radius 1 is 1.30 bits per heavy atom. The highest BCUT2D eigenvalue weighted by atomic mass is 32.1. The topological polar surface area (TPSA) is 79.3 Å². The minimum Gasteiger partial charge on any atom is -0.477 e. The Kier molecular flexibility index (Phi) is 5.28. The third kappa shape index (κ3) is 3.79. The fraction of sp³-hybridized carbons (Fsp3) is 0.643. The predicted octanol–water partition coefficient (Wildman–Crippen LogP) is 3.73. The zero-order valence-corrected chi connectivity index (χ0v) is 13.4. The van der Waals surface area contributed by atoms with Gasteiger partial charge in [0.15, 0.2) is 5.13 Å². The highest BCUT2D eigenvalue weighted by Gasteiger charge is 2.26. The summed E-state index contributed by atoms with van der Waals surface area (Å²) in [4.78, 5) is 27.8. The van der Waals surface area contributed by atoms with Crippen molar-refractivity contribution in [2.75, 3.05) is 5.32 Å². The van der Waals surface area contributed by atoms with Crippen LogP contribution in [0.1, 0.15) is 68.7 Å². The van der Waals surface area contributed by atoms with Crippen LogP contribution in [0.3, 0.4) is 0 Å². The summed E-state index contributed by atoms with van der Waals surface area (Å²) in [6, 6.07) is 0. The van der Waals surface area contributed by atoms with E-state index in [0.717, 1.165) is 24.2 Å². The average molecular weight is 298 g/mol. The first-order valence-corrected chi connectivity index (χ1v) is 7.57. The first kappa shape index (κ1) is 16.6. The molecule has 0 bridgehead atoms. The Morgan fingerprint density at radius 2 is 1.85 bits per heavy atom. The molecule has 1 aromatic heterocycles. The van der Waals surface area contributed by atoms with Gasteiger partial charge in [-0.3, -0.25) is 4.79 Å². The van der Waals surface area contributed by atoms with Crippen LogP contribution in [-0.4, -0.2) is 22.0 Å². The summed E-state index contributed by atoms with van der Waals surface area (Å²) < 4.78 is 0. The maximum atomic E-state index is 11.9. The van der Waals surface area contributed by atoms with E-state index in [1.807, 2.05) is 13.8 Å². The molecule has 6 heteroatoms. The molecule has 0 unspecified atom stereocenters. The maximum Gasteiger partial charge on any atom is 0.347 e. The summed E-state index contributed by atoms with van der Waals surface area (Å²) in [6.07, 6.45) is 1.65. The van der Waals surface area contributed by atoms with Gasteiger partial charge in [-0.2, -0.15) is 0 Å².